The van der Waals surface area contributed by atoms with Crippen LogP contribution in [0.4, 0.5) is 0 Å². The van der Waals surface area contributed by atoms with Gasteiger partial charge in [-0.05, 0) is 30.9 Å². The summed E-state index contributed by atoms with van der Waals surface area (Å²) in [5, 5.41) is 12.8. The Morgan fingerprint density at radius 3 is 2.81 bits per heavy atom. The third-order valence-corrected chi connectivity index (χ3v) is 3.47. The molecule has 1 aliphatic rings. The Morgan fingerprint density at radius 1 is 1.38 bits per heavy atom. The number of hydrogen-bond donors (Lipinski definition) is 2. The van der Waals surface area contributed by atoms with E-state index in [0.29, 0.717) is 12.1 Å². The maximum Gasteiger partial charge on any atom is 0.0681 e. The smallest absolute Gasteiger partial charge is 0.0681 e. The molecule has 1 unspecified atom stereocenters. The SMILES string of the molecule is CC(NC1CCCC1)c1cccc(CO)c1. The molecule has 1 aromatic carbocycles. The molecular weight excluding hydrogens is 198 g/mol. The minimum absolute atomic E-state index is 0.129. The molecule has 1 atom stereocenters. The van der Waals surface area contributed by atoms with E-state index in [1.165, 1.54) is 31.2 Å². The lowest BCUT2D eigenvalue weighted by Crippen LogP contribution is -2.28. The third-order valence-electron chi connectivity index (χ3n) is 3.47. The molecule has 0 heterocycles. The van der Waals surface area contributed by atoms with Crippen LogP contribution in [0.5, 0.6) is 0 Å². The predicted molar refractivity (Wildman–Crippen MR) is 66.2 cm³/mol. The fraction of sp³-hybridized carbons (Fsp3) is 0.571. The molecule has 0 spiro atoms. The summed E-state index contributed by atoms with van der Waals surface area (Å²) in [5.41, 5.74) is 2.27. The van der Waals surface area contributed by atoms with E-state index >= 15 is 0 Å². The van der Waals surface area contributed by atoms with Crippen molar-refractivity contribution in [3.8, 4) is 0 Å². The molecule has 2 rings (SSSR count). The molecule has 1 saturated carbocycles. The average molecular weight is 219 g/mol. The van der Waals surface area contributed by atoms with Crippen LogP contribution >= 0.6 is 0 Å². The summed E-state index contributed by atoms with van der Waals surface area (Å²) in [4.78, 5) is 0. The average Bonchev–Trinajstić information content (AvgIpc) is 2.82. The van der Waals surface area contributed by atoms with E-state index in [9.17, 15) is 0 Å². The Hall–Kier alpha value is -0.860. The van der Waals surface area contributed by atoms with Crippen LogP contribution in [0.3, 0.4) is 0 Å². The first-order valence-electron chi connectivity index (χ1n) is 6.25. The van der Waals surface area contributed by atoms with Gasteiger partial charge in [-0.3, -0.25) is 0 Å². The summed E-state index contributed by atoms with van der Waals surface area (Å²) in [6.45, 7) is 2.33. The van der Waals surface area contributed by atoms with Crippen molar-refractivity contribution in [3.63, 3.8) is 0 Å². The van der Waals surface area contributed by atoms with E-state index < -0.39 is 0 Å². The van der Waals surface area contributed by atoms with Crippen LogP contribution in [-0.2, 0) is 6.61 Å². The molecule has 2 heteroatoms. The predicted octanol–water partition coefficient (Wildman–Crippen LogP) is 2.77. The van der Waals surface area contributed by atoms with E-state index in [2.05, 4.69) is 24.4 Å². The van der Waals surface area contributed by atoms with Gasteiger partial charge in [-0.2, -0.15) is 0 Å². The monoisotopic (exact) mass is 219 g/mol. The van der Waals surface area contributed by atoms with Gasteiger partial charge < -0.3 is 10.4 Å². The van der Waals surface area contributed by atoms with Gasteiger partial charge in [0.2, 0.25) is 0 Å². The van der Waals surface area contributed by atoms with Crippen LogP contribution in [0.1, 0.15) is 49.8 Å². The van der Waals surface area contributed by atoms with Crippen molar-refractivity contribution >= 4 is 0 Å². The largest absolute Gasteiger partial charge is 0.392 e. The maximum absolute atomic E-state index is 9.11. The zero-order chi connectivity index (χ0) is 11.4. The molecule has 2 nitrogen and oxygen atoms in total. The molecule has 0 bridgehead atoms. The third kappa shape index (κ3) is 2.83. The summed E-state index contributed by atoms with van der Waals surface area (Å²) in [6, 6.07) is 9.28. The van der Waals surface area contributed by atoms with Crippen molar-refractivity contribution in [2.24, 2.45) is 0 Å². The topological polar surface area (TPSA) is 32.3 Å². The van der Waals surface area contributed by atoms with Crippen molar-refractivity contribution < 1.29 is 5.11 Å². The molecule has 88 valence electrons. The summed E-state index contributed by atoms with van der Waals surface area (Å²) in [6.07, 6.45) is 5.34. The van der Waals surface area contributed by atoms with Crippen LogP contribution in [0.2, 0.25) is 0 Å². The Labute approximate surface area is 97.7 Å². The molecular formula is C14H21NO. The van der Waals surface area contributed by atoms with Crippen LogP contribution in [-0.4, -0.2) is 11.1 Å². The normalized spacial score (nSPS) is 18.9. The molecule has 0 aromatic heterocycles. The molecule has 16 heavy (non-hydrogen) atoms. The number of benzene rings is 1. The highest BCUT2D eigenvalue weighted by Gasteiger charge is 2.17. The molecule has 0 radical (unpaired) electrons. The summed E-state index contributed by atoms with van der Waals surface area (Å²) in [5.74, 6) is 0. The molecule has 0 saturated heterocycles. The first-order valence-corrected chi connectivity index (χ1v) is 6.25. The van der Waals surface area contributed by atoms with Crippen LogP contribution in [0.15, 0.2) is 24.3 Å². The van der Waals surface area contributed by atoms with Crippen molar-refractivity contribution in [1.29, 1.82) is 0 Å². The fourth-order valence-corrected chi connectivity index (χ4v) is 2.50. The quantitative estimate of drug-likeness (QED) is 0.816. The number of nitrogens with one attached hydrogen (secondary N) is 1. The van der Waals surface area contributed by atoms with Gasteiger partial charge in [0.15, 0.2) is 0 Å². The minimum atomic E-state index is 0.129. The van der Waals surface area contributed by atoms with Gasteiger partial charge in [-0.25, -0.2) is 0 Å². The van der Waals surface area contributed by atoms with Crippen molar-refractivity contribution in [1.82, 2.24) is 5.32 Å². The highest BCUT2D eigenvalue weighted by Crippen LogP contribution is 2.22. The Bertz CT molecular complexity index is 331. The van der Waals surface area contributed by atoms with Gasteiger partial charge in [0.25, 0.3) is 0 Å². The highest BCUT2D eigenvalue weighted by atomic mass is 16.3. The van der Waals surface area contributed by atoms with Crippen LogP contribution in [0, 0.1) is 0 Å². The second kappa shape index (κ2) is 5.46. The molecule has 0 amide bonds. The van der Waals surface area contributed by atoms with Gasteiger partial charge >= 0.3 is 0 Å². The zero-order valence-corrected chi connectivity index (χ0v) is 9.95. The standard InChI is InChI=1S/C14H21NO/c1-11(15-14-7-2-3-8-14)13-6-4-5-12(9-13)10-16/h4-6,9,11,14-16H,2-3,7-8,10H2,1H3. The first kappa shape index (κ1) is 11.6. The Kier molecular flexibility index (Phi) is 3.97. The van der Waals surface area contributed by atoms with Crippen molar-refractivity contribution in [3.05, 3.63) is 35.4 Å². The van der Waals surface area contributed by atoms with E-state index in [1.807, 2.05) is 12.1 Å². The van der Waals surface area contributed by atoms with Crippen molar-refractivity contribution in [2.45, 2.75) is 51.3 Å². The summed E-state index contributed by atoms with van der Waals surface area (Å²) < 4.78 is 0. The van der Waals surface area contributed by atoms with E-state index in [1.54, 1.807) is 0 Å². The van der Waals surface area contributed by atoms with Gasteiger partial charge in [-0.1, -0.05) is 37.1 Å². The number of aliphatic hydroxyl groups is 1. The second-order valence-corrected chi connectivity index (χ2v) is 4.77. The van der Waals surface area contributed by atoms with Gasteiger partial charge in [0.1, 0.15) is 0 Å². The van der Waals surface area contributed by atoms with Gasteiger partial charge in [0.05, 0.1) is 6.61 Å². The van der Waals surface area contributed by atoms with E-state index in [4.69, 9.17) is 5.11 Å². The number of rotatable bonds is 4. The molecule has 1 aliphatic carbocycles. The number of hydrogen-bond acceptors (Lipinski definition) is 2. The number of aliphatic hydroxyl groups excluding tert-OH is 1. The molecule has 1 aromatic rings. The molecule has 2 N–H and O–H groups in total. The first-order chi connectivity index (χ1) is 7.79. The maximum atomic E-state index is 9.11. The highest BCUT2D eigenvalue weighted by molar-refractivity contribution is 5.25. The van der Waals surface area contributed by atoms with E-state index in [0.717, 1.165) is 5.56 Å². The lowest BCUT2D eigenvalue weighted by molar-refractivity contribution is 0.281. The van der Waals surface area contributed by atoms with E-state index in [-0.39, 0.29) is 6.61 Å². The van der Waals surface area contributed by atoms with Crippen LogP contribution < -0.4 is 5.32 Å². The fourth-order valence-electron chi connectivity index (χ4n) is 2.50. The van der Waals surface area contributed by atoms with Crippen LogP contribution in [0.25, 0.3) is 0 Å². The molecule has 0 aliphatic heterocycles. The Morgan fingerprint density at radius 2 is 2.12 bits per heavy atom. The second-order valence-electron chi connectivity index (χ2n) is 4.77. The van der Waals surface area contributed by atoms with Gasteiger partial charge in [-0.15, -0.1) is 0 Å². The summed E-state index contributed by atoms with van der Waals surface area (Å²) in [7, 11) is 0. The zero-order valence-electron chi connectivity index (χ0n) is 9.95. The summed E-state index contributed by atoms with van der Waals surface area (Å²) >= 11 is 0. The lowest BCUT2D eigenvalue weighted by Gasteiger charge is -2.20. The molecule has 1 fully saturated rings. The van der Waals surface area contributed by atoms with Gasteiger partial charge in [0, 0.05) is 12.1 Å². The minimum Gasteiger partial charge on any atom is -0.392 e. The lowest BCUT2D eigenvalue weighted by atomic mass is 10.0. The van der Waals surface area contributed by atoms with Crippen molar-refractivity contribution in [2.75, 3.05) is 0 Å². The Balaban J connectivity index is 1.98.